The normalized spacial score (nSPS) is 12.6. The third kappa shape index (κ3) is 6.94. The largest absolute Gasteiger partial charge is 0.452 e. The summed E-state index contributed by atoms with van der Waals surface area (Å²) >= 11 is 0. The number of likely N-dealkylation sites (N-methyl/N-ethyl adjacent to an activating group) is 1. The SMILES string of the molecule is CC(C)NC(=O)NC(=O)[C@@H](C)OC(=O)CN(C)S(=O)(=O)c1ccc(F)cc1. The minimum Gasteiger partial charge on any atom is -0.452 e. The number of benzene rings is 1. The Kier molecular flexibility index (Phi) is 7.85. The first-order chi connectivity index (χ1) is 12.4. The van der Waals surface area contributed by atoms with Gasteiger partial charge in [-0.05, 0) is 45.0 Å². The fourth-order valence-electron chi connectivity index (χ4n) is 1.85. The zero-order chi connectivity index (χ0) is 20.8. The van der Waals surface area contributed by atoms with Crippen molar-refractivity contribution in [3.05, 3.63) is 30.1 Å². The van der Waals surface area contributed by atoms with E-state index < -0.39 is 46.4 Å². The predicted molar refractivity (Wildman–Crippen MR) is 93.6 cm³/mol. The highest BCUT2D eigenvalue weighted by Crippen LogP contribution is 2.14. The Labute approximate surface area is 156 Å². The summed E-state index contributed by atoms with van der Waals surface area (Å²) in [5.74, 6) is -2.45. The number of nitrogens with one attached hydrogen (secondary N) is 2. The van der Waals surface area contributed by atoms with Crippen molar-refractivity contribution < 1.29 is 31.9 Å². The van der Waals surface area contributed by atoms with Crippen LogP contribution >= 0.6 is 0 Å². The number of carbonyl (C=O) groups excluding carboxylic acids is 3. The number of ether oxygens (including phenoxy) is 1. The second kappa shape index (κ2) is 9.42. The number of amides is 3. The van der Waals surface area contributed by atoms with Gasteiger partial charge in [-0.25, -0.2) is 17.6 Å². The Hall–Kier alpha value is -2.53. The van der Waals surface area contributed by atoms with Crippen molar-refractivity contribution >= 4 is 27.9 Å². The molecule has 0 aliphatic carbocycles. The molecular formula is C16H22FN3O6S. The van der Waals surface area contributed by atoms with Crippen molar-refractivity contribution in [2.24, 2.45) is 0 Å². The Balaban J connectivity index is 2.63. The molecule has 0 radical (unpaired) electrons. The van der Waals surface area contributed by atoms with Gasteiger partial charge in [-0.3, -0.25) is 14.9 Å². The fraction of sp³-hybridized carbons (Fsp3) is 0.438. The van der Waals surface area contributed by atoms with E-state index in [0.29, 0.717) is 4.31 Å². The zero-order valence-corrected chi connectivity index (χ0v) is 16.2. The molecule has 0 unspecified atom stereocenters. The van der Waals surface area contributed by atoms with Crippen LogP contribution in [0.25, 0.3) is 0 Å². The second-order valence-corrected chi connectivity index (χ2v) is 8.01. The van der Waals surface area contributed by atoms with Gasteiger partial charge in [-0.1, -0.05) is 0 Å². The van der Waals surface area contributed by atoms with E-state index in [4.69, 9.17) is 4.74 Å². The zero-order valence-electron chi connectivity index (χ0n) is 15.4. The second-order valence-electron chi connectivity index (χ2n) is 5.96. The number of nitrogens with zero attached hydrogens (tertiary/aromatic N) is 1. The monoisotopic (exact) mass is 403 g/mol. The highest BCUT2D eigenvalue weighted by molar-refractivity contribution is 7.89. The van der Waals surface area contributed by atoms with Gasteiger partial charge in [0.15, 0.2) is 6.10 Å². The minimum absolute atomic E-state index is 0.194. The van der Waals surface area contributed by atoms with E-state index in [-0.39, 0.29) is 10.9 Å². The standard InChI is InChI=1S/C16H22FN3O6S/c1-10(2)18-16(23)19-15(22)11(3)26-14(21)9-20(4)27(24,25)13-7-5-12(17)6-8-13/h5-8,10-11H,9H2,1-4H3,(H2,18,19,22,23)/t11-/m1/s1. The summed E-state index contributed by atoms with van der Waals surface area (Å²) in [4.78, 5) is 34.9. The Morgan fingerprint density at radius 2 is 1.70 bits per heavy atom. The highest BCUT2D eigenvalue weighted by Gasteiger charge is 2.26. The third-order valence-electron chi connectivity index (χ3n) is 3.21. The number of sulfonamides is 1. The molecule has 1 aromatic carbocycles. The van der Waals surface area contributed by atoms with Crippen molar-refractivity contribution in [1.29, 1.82) is 0 Å². The maximum atomic E-state index is 12.9. The molecule has 0 bridgehead atoms. The number of rotatable bonds is 7. The van der Waals surface area contributed by atoms with Gasteiger partial charge in [-0.15, -0.1) is 0 Å². The van der Waals surface area contributed by atoms with Gasteiger partial charge in [0.05, 0.1) is 4.90 Å². The van der Waals surface area contributed by atoms with Gasteiger partial charge in [0.2, 0.25) is 10.0 Å². The maximum absolute atomic E-state index is 12.9. The number of imide groups is 1. The molecule has 0 saturated heterocycles. The quantitative estimate of drug-likeness (QED) is 0.644. The molecule has 9 nitrogen and oxygen atoms in total. The average molecular weight is 403 g/mol. The van der Waals surface area contributed by atoms with Crippen molar-refractivity contribution in [3.63, 3.8) is 0 Å². The van der Waals surface area contributed by atoms with Gasteiger partial charge in [0.25, 0.3) is 5.91 Å². The van der Waals surface area contributed by atoms with Crippen LogP contribution in [0.15, 0.2) is 29.2 Å². The summed E-state index contributed by atoms with van der Waals surface area (Å²) in [7, 11) is -2.90. The molecule has 1 aromatic rings. The number of hydrogen-bond donors (Lipinski definition) is 2. The molecule has 0 saturated carbocycles. The summed E-state index contributed by atoms with van der Waals surface area (Å²) in [5.41, 5.74) is 0. The fourth-order valence-corrected chi connectivity index (χ4v) is 2.97. The summed E-state index contributed by atoms with van der Waals surface area (Å²) in [6, 6.07) is 3.16. The summed E-state index contributed by atoms with van der Waals surface area (Å²) in [5, 5.41) is 4.43. The maximum Gasteiger partial charge on any atom is 0.322 e. The Morgan fingerprint density at radius 3 is 2.22 bits per heavy atom. The van der Waals surface area contributed by atoms with Crippen LogP contribution in [0.5, 0.6) is 0 Å². The van der Waals surface area contributed by atoms with Crippen molar-refractivity contribution in [1.82, 2.24) is 14.9 Å². The number of carbonyl (C=O) groups is 3. The highest BCUT2D eigenvalue weighted by atomic mass is 32.2. The molecular weight excluding hydrogens is 381 g/mol. The molecule has 1 atom stereocenters. The third-order valence-corrected chi connectivity index (χ3v) is 5.03. The first-order valence-electron chi connectivity index (χ1n) is 7.96. The molecule has 0 spiro atoms. The first-order valence-corrected chi connectivity index (χ1v) is 9.40. The van der Waals surface area contributed by atoms with Gasteiger partial charge in [-0.2, -0.15) is 4.31 Å². The van der Waals surface area contributed by atoms with Crippen LogP contribution < -0.4 is 10.6 Å². The predicted octanol–water partition coefficient (Wildman–Crippen LogP) is 0.612. The van der Waals surface area contributed by atoms with Crippen LogP contribution in [0.1, 0.15) is 20.8 Å². The van der Waals surface area contributed by atoms with Crippen molar-refractivity contribution in [2.45, 2.75) is 37.8 Å². The van der Waals surface area contributed by atoms with Gasteiger partial charge < -0.3 is 10.1 Å². The van der Waals surface area contributed by atoms with Gasteiger partial charge in [0, 0.05) is 13.1 Å². The van der Waals surface area contributed by atoms with Gasteiger partial charge >= 0.3 is 12.0 Å². The minimum atomic E-state index is -4.04. The van der Waals surface area contributed by atoms with Crippen LogP contribution in [0, 0.1) is 5.82 Å². The lowest BCUT2D eigenvalue weighted by Crippen LogP contribution is -2.47. The number of esters is 1. The molecule has 27 heavy (non-hydrogen) atoms. The molecule has 2 N–H and O–H groups in total. The molecule has 0 aliphatic rings. The molecule has 0 fully saturated rings. The lowest BCUT2D eigenvalue weighted by molar-refractivity contribution is -0.154. The van der Waals surface area contributed by atoms with Crippen molar-refractivity contribution in [2.75, 3.05) is 13.6 Å². The van der Waals surface area contributed by atoms with E-state index in [2.05, 4.69) is 5.32 Å². The Morgan fingerprint density at radius 1 is 1.15 bits per heavy atom. The number of hydrogen-bond acceptors (Lipinski definition) is 6. The topological polar surface area (TPSA) is 122 Å². The van der Waals surface area contributed by atoms with Crippen LogP contribution in [0.4, 0.5) is 9.18 Å². The van der Waals surface area contributed by atoms with E-state index in [1.807, 2.05) is 5.32 Å². The summed E-state index contributed by atoms with van der Waals surface area (Å²) < 4.78 is 43.1. The lowest BCUT2D eigenvalue weighted by atomic mass is 10.3. The molecule has 0 heterocycles. The van der Waals surface area contributed by atoms with E-state index in [0.717, 1.165) is 31.3 Å². The Bertz CT molecular complexity index is 795. The lowest BCUT2D eigenvalue weighted by Gasteiger charge is -2.18. The molecule has 0 aliphatic heterocycles. The summed E-state index contributed by atoms with van der Waals surface area (Å²) in [6.07, 6.45) is -1.31. The smallest absolute Gasteiger partial charge is 0.322 e. The van der Waals surface area contributed by atoms with E-state index in [1.165, 1.54) is 6.92 Å². The van der Waals surface area contributed by atoms with Crippen LogP contribution in [0.3, 0.4) is 0 Å². The summed E-state index contributed by atoms with van der Waals surface area (Å²) in [6.45, 7) is 3.97. The molecule has 0 aromatic heterocycles. The number of halogens is 1. The van der Waals surface area contributed by atoms with Gasteiger partial charge in [0.1, 0.15) is 12.4 Å². The van der Waals surface area contributed by atoms with Crippen LogP contribution in [0.2, 0.25) is 0 Å². The molecule has 11 heteroatoms. The molecule has 1 rings (SSSR count). The van der Waals surface area contributed by atoms with Crippen molar-refractivity contribution in [3.8, 4) is 0 Å². The van der Waals surface area contributed by atoms with Crippen LogP contribution in [-0.4, -0.2) is 56.4 Å². The van der Waals surface area contributed by atoms with E-state index >= 15 is 0 Å². The molecule has 3 amide bonds. The molecule has 150 valence electrons. The first kappa shape index (κ1) is 22.5. The number of urea groups is 1. The average Bonchev–Trinajstić information content (AvgIpc) is 2.53. The van der Waals surface area contributed by atoms with E-state index in [9.17, 15) is 27.2 Å². The van der Waals surface area contributed by atoms with E-state index in [1.54, 1.807) is 13.8 Å². The van der Waals surface area contributed by atoms with Crippen LogP contribution in [-0.2, 0) is 24.3 Å².